The van der Waals surface area contributed by atoms with Crippen LogP contribution in [0.25, 0.3) is 0 Å². The van der Waals surface area contributed by atoms with Gasteiger partial charge in [0.05, 0.1) is 0 Å². The molecule has 1 aliphatic rings. The van der Waals surface area contributed by atoms with E-state index in [2.05, 4.69) is 24.2 Å². The van der Waals surface area contributed by atoms with Gasteiger partial charge in [0, 0.05) is 17.3 Å². The molecule has 1 nitrogen and oxygen atoms in total. The third-order valence-electron chi connectivity index (χ3n) is 3.24. The van der Waals surface area contributed by atoms with E-state index in [0.29, 0.717) is 6.04 Å². The fourth-order valence-electron chi connectivity index (χ4n) is 2.27. The highest BCUT2D eigenvalue weighted by Crippen LogP contribution is 2.28. The summed E-state index contributed by atoms with van der Waals surface area (Å²) in [6.45, 7) is 2.32. The molecule has 2 rings (SSSR count). The molecule has 78 valence electrons. The molecule has 1 aromatic carbocycles. The van der Waals surface area contributed by atoms with Crippen molar-refractivity contribution in [3.63, 3.8) is 0 Å². The summed E-state index contributed by atoms with van der Waals surface area (Å²) in [6, 6.07) is 8.73. The van der Waals surface area contributed by atoms with Gasteiger partial charge in [0.15, 0.2) is 0 Å². The summed E-state index contributed by atoms with van der Waals surface area (Å²) >= 11 is 0. The Hall–Kier alpha value is -1.42. The summed E-state index contributed by atoms with van der Waals surface area (Å²) in [6.07, 6.45) is 9.34. The highest BCUT2D eigenvalue weighted by atomic mass is 14.9. The third kappa shape index (κ3) is 2.33. The van der Waals surface area contributed by atoms with Gasteiger partial charge in [-0.3, -0.25) is 0 Å². The quantitative estimate of drug-likeness (QED) is 0.721. The van der Waals surface area contributed by atoms with Crippen molar-refractivity contribution < 1.29 is 0 Å². The SMILES string of the molecule is C#Cc1cccc(N[C@H]2CCC[C@@H]2C)c1. The van der Waals surface area contributed by atoms with Gasteiger partial charge in [-0.1, -0.05) is 25.3 Å². The lowest BCUT2D eigenvalue weighted by atomic mass is 10.1. The van der Waals surface area contributed by atoms with Crippen LogP contribution in [0.5, 0.6) is 0 Å². The Labute approximate surface area is 91.9 Å². The molecule has 0 spiro atoms. The molecule has 2 atom stereocenters. The zero-order valence-corrected chi connectivity index (χ0v) is 9.16. The van der Waals surface area contributed by atoms with Crippen molar-refractivity contribution in [2.24, 2.45) is 5.92 Å². The van der Waals surface area contributed by atoms with Crippen molar-refractivity contribution in [1.82, 2.24) is 0 Å². The fraction of sp³-hybridized carbons (Fsp3) is 0.429. The van der Waals surface area contributed by atoms with Gasteiger partial charge in [-0.2, -0.15) is 0 Å². The first-order chi connectivity index (χ1) is 7.29. The number of benzene rings is 1. The lowest BCUT2D eigenvalue weighted by Gasteiger charge is -2.18. The molecular formula is C14H17N. The van der Waals surface area contributed by atoms with E-state index in [1.54, 1.807) is 0 Å². The molecular weight excluding hydrogens is 182 g/mol. The normalized spacial score (nSPS) is 24.8. The van der Waals surface area contributed by atoms with Crippen LogP contribution in [0.4, 0.5) is 5.69 Å². The Morgan fingerprint density at radius 2 is 2.27 bits per heavy atom. The van der Waals surface area contributed by atoms with Gasteiger partial charge >= 0.3 is 0 Å². The lowest BCUT2D eigenvalue weighted by molar-refractivity contribution is 0.556. The smallest absolute Gasteiger partial charge is 0.0354 e. The first-order valence-corrected chi connectivity index (χ1v) is 5.63. The molecule has 0 aromatic heterocycles. The van der Waals surface area contributed by atoms with Gasteiger partial charge < -0.3 is 5.32 Å². The van der Waals surface area contributed by atoms with Gasteiger partial charge in [0.2, 0.25) is 0 Å². The minimum absolute atomic E-state index is 0.623. The predicted molar refractivity (Wildman–Crippen MR) is 64.8 cm³/mol. The number of anilines is 1. The number of terminal acetylenes is 1. The van der Waals surface area contributed by atoms with Crippen molar-refractivity contribution in [3.05, 3.63) is 29.8 Å². The molecule has 0 amide bonds. The Morgan fingerprint density at radius 1 is 1.40 bits per heavy atom. The summed E-state index contributed by atoms with van der Waals surface area (Å²) in [7, 11) is 0. The van der Waals surface area contributed by atoms with Crippen LogP contribution in [-0.4, -0.2) is 6.04 Å². The molecule has 1 fully saturated rings. The minimum atomic E-state index is 0.623. The molecule has 0 heterocycles. The summed E-state index contributed by atoms with van der Waals surface area (Å²) in [5.74, 6) is 3.44. The van der Waals surface area contributed by atoms with Crippen LogP contribution in [0.2, 0.25) is 0 Å². The van der Waals surface area contributed by atoms with Crippen LogP contribution >= 0.6 is 0 Å². The van der Waals surface area contributed by atoms with Crippen molar-refractivity contribution in [3.8, 4) is 12.3 Å². The average Bonchev–Trinajstić information content (AvgIpc) is 2.65. The van der Waals surface area contributed by atoms with E-state index in [1.165, 1.54) is 19.3 Å². The maximum atomic E-state index is 5.38. The maximum absolute atomic E-state index is 5.38. The first kappa shape index (κ1) is 10.1. The van der Waals surface area contributed by atoms with E-state index in [4.69, 9.17) is 6.42 Å². The lowest BCUT2D eigenvalue weighted by Crippen LogP contribution is -2.21. The zero-order chi connectivity index (χ0) is 10.7. The summed E-state index contributed by atoms with van der Waals surface area (Å²) in [4.78, 5) is 0. The van der Waals surface area contributed by atoms with Gasteiger partial charge in [-0.05, 0) is 37.0 Å². The van der Waals surface area contributed by atoms with E-state index in [9.17, 15) is 0 Å². The number of hydrogen-bond acceptors (Lipinski definition) is 1. The molecule has 0 radical (unpaired) electrons. The van der Waals surface area contributed by atoms with Crippen molar-refractivity contribution in [1.29, 1.82) is 0 Å². The minimum Gasteiger partial charge on any atom is -0.382 e. The molecule has 1 saturated carbocycles. The fourth-order valence-corrected chi connectivity index (χ4v) is 2.27. The van der Waals surface area contributed by atoms with Gasteiger partial charge in [-0.25, -0.2) is 0 Å². The van der Waals surface area contributed by atoms with Crippen LogP contribution in [0.3, 0.4) is 0 Å². The van der Waals surface area contributed by atoms with Gasteiger partial charge in [-0.15, -0.1) is 6.42 Å². The van der Waals surface area contributed by atoms with Crippen LogP contribution < -0.4 is 5.32 Å². The Bertz CT molecular complexity index is 375. The second-order valence-electron chi connectivity index (χ2n) is 4.38. The van der Waals surface area contributed by atoms with Crippen LogP contribution in [0.1, 0.15) is 31.7 Å². The zero-order valence-electron chi connectivity index (χ0n) is 9.16. The molecule has 1 aromatic rings. The van der Waals surface area contributed by atoms with Crippen LogP contribution in [-0.2, 0) is 0 Å². The molecule has 0 saturated heterocycles. The van der Waals surface area contributed by atoms with E-state index < -0.39 is 0 Å². The monoisotopic (exact) mass is 199 g/mol. The highest BCUT2D eigenvalue weighted by molar-refractivity contribution is 5.50. The highest BCUT2D eigenvalue weighted by Gasteiger charge is 2.22. The second kappa shape index (κ2) is 4.40. The second-order valence-corrected chi connectivity index (χ2v) is 4.38. The third-order valence-corrected chi connectivity index (χ3v) is 3.24. The molecule has 0 bridgehead atoms. The van der Waals surface area contributed by atoms with Gasteiger partial charge in [0.1, 0.15) is 0 Å². The molecule has 15 heavy (non-hydrogen) atoms. The number of nitrogens with one attached hydrogen (secondary N) is 1. The van der Waals surface area contributed by atoms with Crippen molar-refractivity contribution in [2.45, 2.75) is 32.2 Å². The predicted octanol–water partition coefficient (Wildman–Crippen LogP) is 3.27. The van der Waals surface area contributed by atoms with Crippen LogP contribution in [0.15, 0.2) is 24.3 Å². The molecule has 1 N–H and O–H groups in total. The maximum Gasteiger partial charge on any atom is 0.0354 e. The molecule has 0 unspecified atom stereocenters. The van der Waals surface area contributed by atoms with E-state index in [-0.39, 0.29) is 0 Å². The molecule has 1 heteroatoms. The Morgan fingerprint density at radius 3 is 2.93 bits per heavy atom. The summed E-state index contributed by atoms with van der Waals surface area (Å²) in [5, 5.41) is 3.57. The number of rotatable bonds is 2. The van der Waals surface area contributed by atoms with E-state index >= 15 is 0 Å². The molecule has 0 aliphatic heterocycles. The summed E-state index contributed by atoms with van der Waals surface area (Å²) in [5.41, 5.74) is 2.11. The Kier molecular flexibility index (Phi) is 2.97. The van der Waals surface area contributed by atoms with E-state index in [0.717, 1.165) is 17.2 Å². The topological polar surface area (TPSA) is 12.0 Å². The van der Waals surface area contributed by atoms with Crippen molar-refractivity contribution in [2.75, 3.05) is 5.32 Å². The van der Waals surface area contributed by atoms with Gasteiger partial charge in [0.25, 0.3) is 0 Å². The Balaban J connectivity index is 2.07. The first-order valence-electron chi connectivity index (χ1n) is 5.63. The summed E-state index contributed by atoms with van der Waals surface area (Å²) < 4.78 is 0. The van der Waals surface area contributed by atoms with Crippen LogP contribution in [0, 0.1) is 18.3 Å². The standard InChI is InChI=1S/C14H17N/c1-3-12-7-5-8-13(10-12)15-14-9-4-6-11(14)2/h1,5,7-8,10-11,14-15H,4,6,9H2,2H3/t11-,14-/m0/s1. The largest absolute Gasteiger partial charge is 0.382 e. The molecule has 1 aliphatic carbocycles. The average molecular weight is 199 g/mol. The van der Waals surface area contributed by atoms with Crippen molar-refractivity contribution >= 4 is 5.69 Å². The number of hydrogen-bond donors (Lipinski definition) is 1. The van der Waals surface area contributed by atoms with E-state index in [1.807, 2.05) is 18.2 Å².